The summed E-state index contributed by atoms with van der Waals surface area (Å²) >= 11 is 11.3. The van der Waals surface area contributed by atoms with Crippen molar-refractivity contribution in [3.63, 3.8) is 0 Å². The molecule has 2 aromatic carbocycles. The van der Waals surface area contributed by atoms with Gasteiger partial charge in [0.25, 0.3) is 5.12 Å². The molecular formula is C16H8Cl2F6N2O5S2. The fourth-order valence-corrected chi connectivity index (χ4v) is 3.68. The molecule has 2 aromatic rings. The van der Waals surface area contributed by atoms with Crippen LogP contribution < -0.4 is 14.8 Å². The molecule has 0 spiro atoms. The van der Waals surface area contributed by atoms with E-state index in [2.05, 4.69) is 14.8 Å². The van der Waals surface area contributed by atoms with Gasteiger partial charge in [0, 0.05) is 16.3 Å². The maximum atomic E-state index is 12.4. The lowest BCUT2D eigenvalue weighted by atomic mass is 10.3. The molecule has 0 saturated carbocycles. The van der Waals surface area contributed by atoms with Crippen LogP contribution >= 0.6 is 35.0 Å². The number of carbonyl (C=O) groups excluding carboxylic acids is 2. The van der Waals surface area contributed by atoms with Crippen LogP contribution in [0.15, 0.2) is 41.3 Å². The van der Waals surface area contributed by atoms with Gasteiger partial charge in [-0.2, -0.15) is 34.8 Å². The highest BCUT2D eigenvalue weighted by molar-refractivity contribution is 8.13. The van der Waals surface area contributed by atoms with Crippen molar-refractivity contribution in [1.29, 1.82) is 0 Å². The number of nitrogens with one attached hydrogen (secondary N) is 2. The van der Waals surface area contributed by atoms with Gasteiger partial charge in [-0.3, -0.25) is 4.79 Å². The smallest absolute Gasteiger partial charge is 0.373 e. The Balaban J connectivity index is 2.07. The highest BCUT2D eigenvalue weighted by Crippen LogP contribution is 2.39. The second kappa shape index (κ2) is 9.87. The van der Waals surface area contributed by atoms with E-state index in [1.807, 2.05) is 0 Å². The summed E-state index contributed by atoms with van der Waals surface area (Å²) in [5.74, 6) is -1.01. The van der Waals surface area contributed by atoms with Crippen LogP contribution in [0.2, 0.25) is 10.0 Å². The number of benzene rings is 2. The number of carbonyl (C=O) groups is 2. The van der Waals surface area contributed by atoms with E-state index in [1.54, 1.807) is 0 Å². The second-order valence-electron chi connectivity index (χ2n) is 5.74. The summed E-state index contributed by atoms with van der Waals surface area (Å²) in [5.41, 5.74) is -5.79. The summed E-state index contributed by atoms with van der Waals surface area (Å²) in [6, 6.07) is 5.48. The molecule has 180 valence electrons. The summed E-state index contributed by atoms with van der Waals surface area (Å²) in [7, 11) is -6.05. The molecule has 0 bridgehead atoms. The largest absolute Gasteiger partial charge is 0.534 e. The molecule has 0 aliphatic rings. The third kappa shape index (κ3) is 7.31. The zero-order valence-electron chi connectivity index (χ0n) is 15.3. The number of thioether (sulfide) groups is 1. The van der Waals surface area contributed by atoms with Crippen LogP contribution in [-0.2, 0) is 14.9 Å². The zero-order valence-corrected chi connectivity index (χ0v) is 18.5. The van der Waals surface area contributed by atoms with E-state index >= 15 is 0 Å². The van der Waals surface area contributed by atoms with Crippen LogP contribution in [0.3, 0.4) is 0 Å². The Hall–Kier alpha value is -2.36. The minimum atomic E-state index is -6.05. The normalized spacial score (nSPS) is 12.2. The Labute approximate surface area is 195 Å². The molecule has 0 heterocycles. The lowest BCUT2D eigenvalue weighted by molar-refractivity contribution is -0.160. The van der Waals surface area contributed by atoms with Crippen molar-refractivity contribution in [2.45, 2.75) is 16.6 Å². The SMILES string of the molecule is O=C(Nc1ccc(SC(=O)C(F)(F)F)cc1)Nc1cc(Cl)c(OS(=O)(=O)C(F)(F)F)c(Cl)c1. The molecule has 7 nitrogen and oxygen atoms in total. The summed E-state index contributed by atoms with van der Waals surface area (Å²) in [4.78, 5) is 23.0. The van der Waals surface area contributed by atoms with Gasteiger partial charge in [-0.15, -0.1) is 0 Å². The molecule has 33 heavy (non-hydrogen) atoms. The quantitative estimate of drug-likeness (QED) is 0.201. The molecule has 0 aliphatic carbocycles. The first-order valence-electron chi connectivity index (χ1n) is 7.96. The average Bonchev–Trinajstić information content (AvgIpc) is 2.64. The van der Waals surface area contributed by atoms with Gasteiger partial charge in [-0.05, 0) is 48.2 Å². The van der Waals surface area contributed by atoms with Gasteiger partial charge in [-0.25, -0.2) is 4.79 Å². The van der Waals surface area contributed by atoms with Crippen LogP contribution in [0.4, 0.5) is 42.5 Å². The summed E-state index contributed by atoms with van der Waals surface area (Å²) in [6.07, 6.45) is -5.01. The average molecular weight is 557 g/mol. The van der Waals surface area contributed by atoms with E-state index < -0.39 is 48.7 Å². The molecule has 0 aliphatic heterocycles. The Bertz CT molecular complexity index is 1150. The zero-order chi connectivity index (χ0) is 25.2. The highest BCUT2D eigenvalue weighted by atomic mass is 35.5. The van der Waals surface area contributed by atoms with Gasteiger partial charge in [0.05, 0.1) is 10.0 Å². The monoisotopic (exact) mass is 556 g/mol. The van der Waals surface area contributed by atoms with E-state index in [1.165, 1.54) is 12.1 Å². The first kappa shape index (κ1) is 26.9. The van der Waals surface area contributed by atoms with Gasteiger partial charge in [0.1, 0.15) is 0 Å². The third-order valence-electron chi connectivity index (χ3n) is 3.29. The summed E-state index contributed by atoms with van der Waals surface area (Å²) in [6.45, 7) is 0. The Morgan fingerprint density at radius 3 is 1.82 bits per heavy atom. The number of hydrogen-bond donors (Lipinski definition) is 2. The molecule has 2 N–H and O–H groups in total. The molecule has 0 radical (unpaired) electrons. The predicted molar refractivity (Wildman–Crippen MR) is 108 cm³/mol. The van der Waals surface area contributed by atoms with E-state index in [9.17, 15) is 44.3 Å². The van der Waals surface area contributed by atoms with Gasteiger partial charge in [0.15, 0.2) is 5.75 Å². The van der Waals surface area contributed by atoms with Crippen LogP contribution in [0.1, 0.15) is 0 Å². The molecule has 0 saturated heterocycles. The molecule has 0 unspecified atom stereocenters. The molecule has 2 rings (SSSR count). The van der Waals surface area contributed by atoms with Crippen molar-refractivity contribution < 1.29 is 48.5 Å². The van der Waals surface area contributed by atoms with Gasteiger partial charge in [-0.1, -0.05) is 23.2 Å². The number of anilines is 2. The predicted octanol–water partition coefficient (Wildman–Crippen LogP) is 6.05. The van der Waals surface area contributed by atoms with Crippen molar-refractivity contribution in [3.8, 4) is 5.75 Å². The van der Waals surface area contributed by atoms with E-state index in [0.29, 0.717) is 0 Å². The summed E-state index contributed by atoms with van der Waals surface area (Å²) < 4.78 is 100. The van der Waals surface area contributed by atoms with Crippen molar-refractivity contribution in [1.82, 2.24) is 0 Å². The third-order valence-corrected chi connectivity index (χ3v) is 5.73. The minimum absolute atomic E-state index is 0.0359. The minimum Gasteiger partial charge on any atom is -0.373 e. The van der Waals surface area contributed by atoms with Crippen molar-refractivity contribution in [2.24, 2.45) is 0 Å². The molecule has 17 heteroatoms. The molecule has 0 aromatic heterocycles. The molecule has 0 atom stereocenters. The van der Waals surface area contributed by atoms with Crippen molar-refractivity contribution >= 4 is 67.6 Å². The molecule has 0 fully saturated rings. The first-order valence-corrected chi connectivity index (χ1v) is 10.9. The Kier molecular flexibility index (Phi) is 8.04. The maximum Gasteiger partial charge on any atom is 0.534 e. The first-order chi connectivity index (χ1) is 15.0. The maximum absolute atomic E-state index is 12.4. The Morgan fingerprint density at radius 2 is 1.36 bits per heavy atom. The number of hydrogen-bond acceptors (Lipinski definition) is 6. The topological polar surface area (TPSA) is 102 Å². The highest BCUT2D eigenvalue weighted by Gasteiger charge is 2.49. The number of rotatable bonds is 5. The van der Waals surface area contributed by atoms with Crippen LogP contribution in [-0.4, -0.2) is 31.2 Å². The number of amides is 2. The lowest BCUT2D eigenvalue weighted by Gasteiger charge is -2.14. The van der Waals surface area contributed by atoms with Gasteiger partial charge < -0.3 is 14.8 Å². The molecular weight excluding hydrogens is 549 g/mol. The molecule has 2 amide bonds. The van der Waals surface area contributed by atoms with Gasteiger partial charge >= 0.3 is 27.8 Å². The number of halogens is 8. The number of urea groups is 1. The van der Waals surface area contributed by atoms with Crippen LogP contribution in [0, 0.1) is 0 Å². The fraction of sp³-hybridized carbons (Fsp3) is 0.125. The van der Waals surface area contributed by atoms with Crippen LogP contribution in [0.5, 0.6) is 5.75 Å². The number of alkyl halides is 6. The Morgan fingerprint density at radius 1 is 0.879 bits per heavy atom. The van der Waals surface area contributed by atoms with Crippen molar-refractivity contribution in [2.75, 3.05) is 10.6 Å². The van der Waals surface area contributed by atoms with E-state index in [0.717, 1.165) is 24.3 Å². The van der Waals surface area contributed by atoms with E-state index in [-0.39, 0.29) is 28.0 Å². The fourth-order valence-electron chi connectivity index (χ4n) is 1.93. The standard InChI is InChI=1S/C16H8Cl2F6N2O5S2/c17-10-5-8(6-11(18)12(10)31-33(29,30)16(22,23)24)26-14(28)25-7-1-3-9(4-2-7)32-13(27)15(19,20)21/h1-6H,(H2,25,26,28). The van der Waals surface area contributed by atoms with E-state index in [4.69, 9.17) is 23.2 Å². The van der Waals surface area contributed by atoms with Gasteiger partial charge in [0.2, 0.25) is 0 Å². The van der Waals surface area contributed by atoms with Crippen LogP contribution in [0.25, 0.3) is 0 Å². The lowest BCUT2D eigenvalue weighted by Crippen LogP contribution is -2.28. The second-order valence-corrected chi connectivity index (χ2v) is 9.14. The summed E-state index contributed by atoms with van der Waals surface area (Å²) in [5, 5.41) is 1.14. The van der Waals surface area contributed by atoms with Crippen molar-refractivity contribution in [3.05, 3.63) is 46.4 Å².